The number of likely N-dealkylation sites (tertiary alicyclic amines) is 1. The van der Waals surface area contributed by atoms with Crippen molar-refractivity contribution in [1.82, 2.24) is 4.90 Å². The van der Waals surface area contributed by atoms with E-state index < -0.39 is 17.9 Å². The Kier molecular flexibility index (Phi) is 4.56. The van der Waals surface area contributed by atoms with Gasteiger partial charge >= 0.3 is 5.97 Å². The molecule has 1 saturated carbocycles. The number of carbonyl (C=O) groups excluding carboxylic acids is 3. The summed E-state index contributed by atoms with van der Waals surface area (Å²) in [6.45, 7) is 0.483. The fourth-order valence-electron chi connectivity index (χ4n) is 3.07. The lowest BCUT2D eigenvalue weighted by Gasteiger charge is -2.25. The second-order valence-corrected chi connectivity index (χ2v) is 5.38. The SMILES string of the molecule is COC(=O)[C@@H]1CCCN1C(=O)C(=O)C1CCCCC1. The van der Waals surface area contributed by atoms with Crippen LogP contribution in [0.4, 0.5) is 0 Å². The molecule has 0 radical (unpaired) electrons. The molecule has 0 aromatic heterocycles. The molecule has 2 aliphatic rings. The van der Waals surface area contributed by atoms with E-state index in [0.29, 0.717) is 13.0 Å². The molecular formula is C14H21NO4. The van der Waals surface area contributed by atoms with E-state index in [1.54, 1.807) is 0 Å². The minimum Gasteiger partial charge on any atom is -0.467 e. The number of nitrogens with zero attached hydrogens (tertiary/aromatic N) is 1. The van der Waals surface area contributed by atoms with E-state index in [1.165, 1.54) is 12.0 Å². The molecule has 0 N–H and O–H groups in total. The Morgan fingerprint density at radius 3 is 2.32 bits per heavy atom. The molecule has 0 aromatic carbocycles. The number of amides is 1. The maximum atomic E-state index is 12.2. The summed E-state index contributed by atoms with van der Waals surface area (Å²) in [5.74, 6) is -1.35. The average Bonchev–Trinajstić information content (AvgIpc) is 2.95. The van der Waals surface area contributed by atoms with E-state index in [0.717, 1.165) is 38.5 Å². The van der Waals surface area contributed by atoms with Gasteiger partial charge in [0.25, 0.3) is 5.91 Å². The van der Waals surface area contributed by atoms with Gasteiger partial charge in [-0.25, -0.2) is 4.79 Å². The second kappa shape index (κ2) is 6.17. The second-order valence-electron chi connectivity index (χ2n) is 5.38. The zero-order valence-electron chi connectivity index (χ0n) is 11.4. The predicted molar refractivity (Wildman–Crippen MR) is 68.3 cm³/mol. The predicted octanol–water partition coefficient (Wildman–Crippen LogP) is 1.30. The summed E-state index contributed by atoms with van der Waals surface area (Å²) in [5.41, 5.74) is 0. The van der Waals surface area contributed by atoms with Gasteiger partial charge in [0.05, 0.1) is 7.11 Å². The monoisotopic (exact) mass is 267 g/mol. The van der Waals surface area contributed by atoms with Crippen LogP contribution in [0.5, 0.6) is 0 Å². The van der Waals surface area contributed by atoms with Crippen LogP contribution in [-0.4, -0.2) is 42.3 Å². The zero-order valence-corrected chi connectivity index (χ0v) is 11.4. The number of hydrogen-bond acceptors (Lipinski definition) is 4. The number of rotatable bonds is 3. The smallest absolute Gasteiger partial charge is 0.328 e. The van der Waals surface area contributed by atoms with Crippen molar-refractivity contribution in [1.29, 1.82) is 0 Å². The molecule has 1 aliphatic heterocycles. The van der Waals surface area contributed by atoms with Crippen LogP contribution in [0, 0.1) is 5.92 Å². The third kappa shape index (κ3) is 2.96. The Morgan fingerprint density at radius 1 is 1.00 bits per heavy atom. The molecule has 0 aromatic rings. The first-order valence-electron chi connectivity index (χ1n) is 7.07. The van der Waals surface area contributed by atoms with Crippen molar-refractivity contribution in [3.8, 4) is 0 Å². The molecule has 2 fully saturated rings. The minimum atomic E-state index is -0.565. The highest BCUT2D eigenvalue weighted by Crippen LogP contribution is 2.26. The number of Topliss-reactive ketones (excluding diaryl/α,β-unsaturated/α-hetero) is 1. The Hall–Kier alpha value is -1.39. The van der Waals surface area contributed by atoms with Crippen LogP contribution in [0.25, 0.3) is 0 Å². The highest BCUT2D eigenvalue weighted by atomic mass is 16.5. The van der Waals surface area contributed by atoms with Gasteiger partial charge in [0.15, 0.2) is 0 Å². The van der Waals surface area contributed by atoms with Gasteiger partial charge < -0.3 is 9.64 Å². The Bertz CT molecular complexity index is 374. The summed E-state index contributed by atoms with van der Waals surface area (Å²) < 4.78 is 4.70. The van der Waals surface area contributed by atoms with Crippen molar-refractivity contribution in [3.63, 3.8) is 0 Å². The molecular weight excluding hydrogens is 246 g/mol. The van der Waals surface area contributed by atoms with Crippen molar-refractivity contribution >= 4 is 17.7 Å². The summed E-state index contributed by atoms with van der Waals surface area (Å²) in [6, 6.07) is -0.565. The number of carbonyl (C=O) groups is 3. The molecule has 0 unspecified atom stereocenters. The van der Waals surface area contributed by atoms with E-state index in [4.69, 9.17) is 4.74 Å². The lowest BCUT2D eigenvalue weighted by atomic mass is 9.86. The molecule has 1 heterocycles. The quantitative estimate of drug-likeness (QED) is 0.571. The average molecular weight is 267 g/mol. The van der Waals surface area contributed by atoms with E-state index >= 15 is 0 Å². The molecule has 2 rings (SSSR count). The Balaban J connectivity index is 2.01. The molecule has 0 bridgehead atoms. The van der Waals surface area contributed by atoms with E-state index in [2.05, 4.69) is 0 Å². The van der Waals surface area contributed by atoms with Crippen molar-refractivity contribution in [2.75, 3.05) is 13.7 Å². The molecule has 19 heavy (non-hydrogen) atoms. The third-order valence-electron chi connectivity index (χ3n) is 4.17. The highest BCUT2D eigenvalue weighted by Gasteiger charge is 2.39. The van der Waals surface area contributed by atoms with E-state index in [-0.39, 0.29) is 11.7 Å². The van der Waals surface area contributed by atoms with E-state index in [1.807, 2.05) is 0 Å². The standard InChI is InChI=1S/C14H21NO4/c1-19-14(18)11-8-5-9-15(11)13(17)12(16)10-6-3-2-4-7-10/h10-11H,2-9H2,1H3/t11-/m0/s1. The van der Waals surface area contributed by atoms with Crippen LogP contribution in [0.1, 0.15) is 44.9 Å². The van der Waals surface area contributed by atoms with Crippen molar-refractivity contribution in [2.24, 2.45) is 5.92 Å². The Morgan fingerprint density at radius 2 is 1.68 bits per heavy atom. The topological polar surface area (TPSA) is 63.7 Å². The van der Waals surface area contributed by atoms with Crippen molar-refractivity contribution in [2.45, 2.75) is 51.0 Å². The number of esters is 1. The van der Waals surface area contributed by atoms with Gasteiger partial charge in [-0.05, 0) is 25.7 Å². The fourth-order valence-corrected chi connectivity index (χ4v) is 3.07. The molecule has 1 aliphatic carbocycles. The van der Waals surface area contributed by atoms with Crippen molar-refractivity contribution in [3.05, 3.63) is 0 Å². The molecule has 5 heteroatoms. The first-order chi connectivity index (χ1) is 9.15. The molecule has 106 valence electrons. The first-order valence-corrected chi connectivity index (χ1v) is 7.07. The largest absolute Gasteiger partial charge is 0.467 e. The normalized spacial score (nSPS) is 24.3. The van der Waals surface area contributed by atoms with Crippen LogP contribution in [0.15, 0.2) is 0 Å². The van der Waals surface area contributed by atoms with E-state index in [9.17, 15) is 14.4 Å². The molecule has 5 nitrogen and oxygen atoms in total. The zero-order chi connectivity index (χ0) is 13.8. The minimum absolute atomic E-state index is 0.139. The molecule has 1 saturated heterocycles. The van der Waals surface area contributed by atoms with Crippen LogP contribution in [0.2, 0.25) is 0 Å². The number of ketones is 1. The lowest BCUT2D eigenvalue weighted by Crippen LogP contribution is -2.46. The molecule has 0 spiro atoms. The van der Waals surface area contributed by atoms with Gasteiger partial charge in [-0.15, -0.1) is 0 Å². The van der Waals surface area contributed by atoms with Crippen LogP contribution in [0.3, 0.4) is 0 Å². The van der Waals surface area contributed by atoms with Gasteiger partial charge in [0, 0.05) is 12.5 Å². The molecule has 1 amide bonds. The van der Waals surface area contributed by atoms with Gasteiger partial charge in [0.2, 0.25) is 5.78 Å². The van der Waals surface area contributed by atoms with Crippen molar-refractivity contribution < 1.29 is 19.1 Å². The maximum absolute atomic E-state index is 12.2. The number of methoxy groups -OCH3 is 1. The van der Waals surface area contributed by atoms with Gasteiger partial charge in [-0.3, -0.25) is 9.59 Å². The van der Waals surface area contributed by atoms with Gasteiger partial charge in [-0.2, -0.15) is 0 Å². The fraction of sp³-hybridized carbons (Fsp3) is 0.786. The first kappa shape index (κ1) is 14.0. The summed E-state index contributed by atoms with van der Waals surface area (Å²) in [4.78, 5) is 37.4. The highest BCUT2D eigenvalue weighted by molar-refractivity contribution is 6.37. The summed E-state index contributed by atoms with van der Waals surface area (Å²) in [5, 5.41) is 0. The lowest BCUT2D eigenvalue weighted by molar-refractivity contribution is -0.155. The third-order valence-corrected chi connectivity index (χ3v) is 4.17. The number of hydrogen-bond donors (Lipinski definition) is 0. The number of ether oxygens (including phenoxy) is 1. The summed E-state index contributed by atoms with van der Waals surface area (Å²) in [7, 11) is 1.31. The Labute approximate surface area is 113 Å². The van der Waals surface area contributed by atoms with Gasteiger partial charge in [0.1, 0.15) is 6.04 Å². The van der Waals surface area contributed by atoms with Gasteiger partial charge in [-0.1, -0.05) is 19.3 Å². The maximum Gasteiger partial charge on any atom is 0.328 e. The summed E-state index contributed by atoms with van der Waals surface area (Å²) >= 11 is 0. The molecule has 1 atom stereocenters. The van der Waals surface area contributed by atoms with Crippen LogP contribution in [-0.2, 0) is 19.1 Å². The summed E-state index contributed by atoms with van der Waals surface area (Å²) in [6.07, 6.45) is 6.14. The van der Waals surface area contributed by atoms with Crippen LogP contribution >= 0.6 is 0 Å². The van der Waals surface area contributed by atoms with Crippen LogP contribution < -0.4 is 0 Å².